The summed E-state index contributed by atoms with van der Waals surface area (Å²) in [7, 11) is 0. The maximum absolute atomic E-state index is 11.2. The molecule has 0 aliphatic heterocycles. The molecule has 0 spiro atoms. The van der Waals surface area contributed by atoms with E-state index in [1.54, 1.807) is 0 Å². The van der Waals surface area contributed by atoms with Gasteiger partial charge in [0.15, 0.2) is 0 Å². The lowest BCUT2D eigenvalue weighted by molar-refractivity contribution is -0.126. The van der Waals surface area contributed by atoms with Crippen LogP contribution in [0.5, 0.6) is 0 Å². The lowest BCUT2D eigenvalue weighted by atomic mass is 10.0. The van der Waals surface area contributed by atoms with E-state index < -0.39 is 11.9 Å². The first-order valence-corrected chi connectivity index (χ1v) is 5.41. The fourth-order valence-electron chi connectivity index (χ4n) is 1.59. The molecular formula is C12H16N4O2. The summed E-state index contributed by atoms with van der Waals surface area (Å²) >= 11 is 0. The summed E-state index contributed by atoms with van der Waals surface area (Å²) in [5, 5.41) is 5.93. The quantitative estimate of drug-likeness (QED) is 0.371. The van der Waals surface area contributed by atoms with Crippen molar-refractivity contribution in [2.75, 3.05) is 0 Å². The number of hydrazone groups is 1. The number of nitrogens with zero attached hydrogens (tertiary/aromatic N) is 1. The van der Waals surface area contributed by atoms with Crippen molar-refractivity contribution in [1.82, 2.24) is 5.32 Å². The van der Waals surface area contributed by atoms with Gasteiger partial charge in [-0.2, -0.15) is 5.10 Å². The maximum atomic E-state index is 11.2. The zero-order chi connectivity index (χ0) is 13.5. The number of carbonyl (C=O) groups excluding carboxylic acids is 2. The number of nitrogens with two attached hydrogens (primary N) is 2. The van der Waals surface area contributed by atoms with Crippen molar-refractivity contribution < 1.29 is 9.59 Å². The molecule has 0 bridgehead atoms. The zero-order valence-electron chi connectivity index (χ0n) is 10.1. The van der Waals surface area contributed by atoms with Gasteiger partial charge in [-0.3, -0.25) is 9.59 Å². The Morgan fingerprint density at radius 3 is 2.78 bits per heavy atom. The van der Waals surface area contributed by atoms with Crippen molar-refractivity contribution in [3.63, 3.8) is 0 Å². The molecule has 6 nitrogen and oxygen atoms in total. The lowest BCUT2D eigenvalue weighted by Gasteiger charge is -2.14. The van der Waals surface area contributed by atoms with Crippen LogP contribution in [0.2, 0.25) is 0 Å². The molecule has 0 aromatic heterocycles. The van der Waals surface area contributed by atoms with Crippen molar-refractivity contribution in [2.24, 2.45) is 16.7 Å². The first-order chi connectivity index (χ1) is 8.52. The van der Waals surface area contributed by atoms with Crippen LogP contribution in [0.25, 0.3) is 0 Å². The predicted octanol–water partition coefficient (Wildman–Crippen LogP) is -0.488. The second-order valence-electron chi connectivity index (χ2n) is 3.88. The highest BCUT2D eigenvalue weighted by Crippen LogP contribution is 2.06. The Labute approximate surface area is 105 Å². The van der Waals surface area contributed by atoms with Crippen LogP contribution in [0.1, 0.15) is 18.1 Å². The van der Waals surface area contributed by atoms with Gasteiger partial charge in [0.1, 0.15) is 6.04 Å². The van der Waals surface area contributed by atoms with Crippen LogP contribution in [0.3, 0.4) is 0 Å². The average molecular weight is 248 g/mol. The highest BCUT2D eigenvalue weighted by molar-refractivity contribution is 5.86. The van der Waals surface area contributed by atoms with Crippen LogP contribution in [-0.4, -0.2) is 24.1 Å². The Balaban J connectivity index is 2.83. The van der Waals surface area contributed by atoms with Crippen molar-refractivity contribution in [3.05, 3.63) is 35.4 Å². The van der Waals surface area contributed by atoms with E-state index >= 15 is 0 Å². The molecule has 0 saturated carbocycles. The number of hydrogen-bond acceptors (Lipinski definition) is 4. The van der Waals surface area contributed by atoms with Crippen LogP contribution in [0.4, 0.5) is 0 Å². The van der Waals surface area contributed by atoms with Crippen molar-refractivity contribution >= 4 is 18.0 Å². The minimum absolute atomic E-state index is 0.293. The topological polar surface area (TPSA) is 111 Å². The number of hydrogen-bond donors (Lipinski definition) is 3. The number of amides is 2. The highest BCUT2D eigenvalue weighted by Gasteiger charge is 2.16. The van der Waals surface area contributed by atoms with Crippen LogP contribution < -0.4 is 16.9 Å². The number of carbonyl (C=O) groups is 2. The summed E-state index contributed by atoms with van der Waals surface area (Å²) in [6.45, 7) is 1.34. The lowest BCUT2D eigenvalue weighted by Crippen LogP contribution is -2.45. The minimum atomic E-state index is -0.715. The largest absolute Gasteiger partial charge is 0.368 e. The molecule has 0 heterocycles. The Morgan fingerprint density at radius 2 is 2.22 bits per heavy atom. The van der Waals surface area contributed by atoms with Gasteiger partial charge in [0.2, 0.25) is 11.8 Å². The van der Waals surface area contributed by atoms with Crippen LogP contribution in [-0.2, 0) is 16.0 Å². The third-order valence-electron chi connectivity index (χ3n) is 2.34. The van der Waals surface area contributed by atoms with Crippen LogP contribution in [0.15, 0.2) is 29.4 Å². The van der Waals surface area contributed by atoms with E-state index in [0.29, 0.717) is 6.42 Å². The van der Waals surface area contributed by atoms with Gasteiger partial charge in [-0.25, -0.2) is 0 Å². The van der Waals surface area contributed by atoms with E-state index in [9.17, 15) is 9.59 Å². The van der Waals surface area contributed by atoms with E-state index in [2.05, 4.69) is 10.4 Å². The molecular weight excluding hydrogens is 232 g/mol. The molecule has 6 heteroatoms. The molecule has 1 aromatic carbocycles. The third kappa shape index (κ3) is 4.25. The van der Waals surface area contributed by atoms with Crippen molar-refractivity contribution in [2.45, 2.75) is 19.4 Å². The summed E-state index contributed by atoms with van der Waals surface area (Å²) in [5.41, 5.74) is 6.92. The van der Waals surface area contributed by atoms with E-state index in [0.717, 1.165) is 11.1 Å². The van der Waals surface area contributed by atoms with Gasteiger partial charge in [-0.05, 0) is 11.1 Å². The normalized spacial score (nSPS) is 12.3. The molecule has 96 valence electrons. The molecule has 5 N–H and O–H groups in total. The molecule has 0 unspecified atom stereocenters. The van der Waals surface area contributed by atoms with E-state index in [1.807, 2.05) is 24.3 Å². The standard InChI is InChI=1S/C12H16N4O2/c1-8(17)16-11(12(13)18)6-9-3-2-4-10(5-9)7-15-14/h2-5,7,11H,6,14H2,1H3,(H2,13,18)(H,16,17)/b15-7-/t11-/m0/s1. The van der Waals surface area contributed by atoms with Crippen LogP contribution >= 0.6 is 0 Å². The molecule has 1 atom stereocenters. The Morgan fingerprint density at radius 1 is 1.50 bits per heavy atom. The van der Waals surface area contributed by atoms with Gasteiger partial charge < -0.3 is 16.9 Å². The second-order valence-corrected chi connectivity index (χ2v) is 3.88. The molecule has 18 heavy (non-hydrogen) atoms. The fraction of sp³-hybridized carbons (Fsp3) is 0.250. The first kappa shape index (κ1) is 13.7. The first-order valence-electron chi connectivity index (χ1n) is 5.41. The van der Waals surface area contributed by atoms with Crippen LogP contribution in [0, 0.1) is 0 Å². The summed E-state index contributed by atoms with van der Waals surface area (Å²) in [4.78, 5) is 22.2. The molecule has 1 rings (SSSR count). The summed E-state index contributed by atoms with van der Waals surface area (Å²) in [6.07, 6.45) is 1.84. The molecule has 2 amide bonds. The van der Waals surface area contributed by atoms with E-state index in [1.165, 1.54) is 13.1 Å². The van der Waals surface area contributed by atoms with Gasteiger partial charge in [-0.15, -0.1) is 0 Å². The Bertz CT molecular complexity index is 471. The number of nitrogens with one attached hydrogen (secondary N) is 1. The minimum Gasteiger partial charge on any atom is -0.368 e. The predicted molar refractivity (Wildman–Crippen MR) is 68.7 cm³/mol. The van der Waals surface area contributed by atoms with Gasteiger partial charge in [0, 0.05) is 13.3 Å². The smallest absolute Gasteiger partial charge is 0.240 e. The third-order valence-corrected chi connectivity index (χ3v) is 2.34. The van der Waals surface area contributed by atoms with E-state index in [-0.39, 0.29) is 5.91 Å². The van der Waals surface area contributed by atoms with Gasteiger partial charge >= 0.3 is 0 Å². The summed E-state index contributed by atoms with van der Waals surface area (Å²) in [6, 6.07) is 6.60. The molecule has 0 aliphatic carbocycles. The number of primary amides is 1. The molecule has 1 aromatic rings. The number of benzene rings is 1. The maximum Gasteiger partial charge on any atom is 0.240 e. The fourth-order valence-corrected chi connectivity index (χ4v) is 1.59. The van der Waals surface area contributed by atoms with Crippen molar-refractivity contribution in [3.8, 4) is 0 Å². The summed E-state index contributed by atoms with van der Waals surface area (Å²) < 4.78 is 0. The van der Waals surface area contributed by atoms with E-state index in [4.69, 9.17) is 11.6 Å². The van der Waals surface area contributed by atoms with Gasteiger partial charge in [0.25, 0.3) is 0 Å². The van der Waals surface area contributed by atoms with Gasteiger partial charge in [0.05, 0.1) is 6.21 Å². The molecule has 0 saturated heterocycles. The average Bonchev–Trinajstić information content (AvgIpc) is 2.28. The zero-order valence-corrected chi connectivity index (χ0v) is 10.1. The second kappa shape index (κ2) is 6.39. The number of rotatable bonds is 5. The molecule has 0 fully saturated rings. The Hall–Kier alpha value is -2.37. The Kier molecular flexibility index (Phi) is 4.86. The highest BCUT2D eigenvalue weighted by atomic mass is 16.2. The molecule has 0 radical (unpaired) electrons. The monoisotopic (exact) mass is 248 g/mol. The van der Waals surface area contributed by atoms with Gasteiger partial charge in [-0.1, -0.05) is 24.3 Å². The SMILES string of the molecule is CC(=O)N[C@@H](Cc1cccc(/C=N\N)c1)C(N)=O. The van der Waals surface area contributed by atoms with Crippen molar-refractivity contribution in [1.29, 1.82) is 0 Å². The summed E-state index contributed by atoms with van der Waals surface area (Å²) in [5.74, 6) is 4.20. The molecule has 0 aliphatic rings.